The van der Waals surface area contributed by atoms with E-state index >= 15 is 0 Å². The van der Waals surface area contributed by atoms with Gasteiger partial charge < -0.3 is 27.9 Å². The van der Waals surface area contributed by atoms with Crippen molar-refractivity contribution in [1.82, 2.24) is 0 Å². The number of rotatable bonds is 58. The fraction of sp³-hybridized carbons (Fsp3) is 0.735. The number of phosphoric acid groups is 1. The van der Waals surface area contributed by atoms with Crippen LogP contribution in [0.4, 0.5) is 0 Å². The number of ether oxygens (including phenoxy) is 2. The first kappa shape index (κ1) is 74.9. The number of carbonyl (C=O) groups excluding carboxylic acids is 2. The van der Waals surface area contributed by atoms with Gasteiger partial charge in [-0.1, -0.05) is 259 Å². The van der Waals surface area contributed by atoms with Crippen molar-refractivity contribution in [3.05, 3.63) is 97.2 Å². The summed E-state index contributed by atoms with van der Waals surface area (Å²) in [5, 5.41) is 0. The fourth-order valence-corrected chi connectivity index (χ4v) is 9.42. The van der Waals surface area contributed by atoms with Crippen molar-refractivity contribution in [2.24, 2.45) is 0 Å². The molecule has 0 aliphatic rings. The van der Waals surface area contributed by atoms with Gasteiger partial charge in [0.1, 0.15) is 19.8 Å². The molecule has 0 aliphatic carbocycles. The molecule has 0 rings (SSSR count). The Morgan fingerprint density at radius 1 is 0.410 bits per heavy atom. The molecule has 0 radical (unpaired) electrons. The van der Waals surface area contributed by atoms with Crippen LogP contribution in [0.25, 0.3) is 0 Å². The molecule has 0 bridgehead atoms. The summed E-state index contributed by atoms with van der Waals surface area (Å²) in [5.41, 5.74) is 0. The van der Waals surface area contributed by atoms with Gasteiger partial charge in [0.25, 0.3) is 7.82 Å². The van der Waals surface area contributed by atoms with E-state index in [1.807, 2.05) is 21.1 Å². The van der Waals surface area contributed by atoms with Gasteiger partial charge in [-0.15, -0.1) is 0 Å². The normalized spacial score (nSPS) is 13.9. The maximum absolute atomic E-state index is 12.8. The minimum atomic E-state index is -4.64. The van der Waals surface area contributed by atoms with Gasteiger partial charge in [0.15, 0.2) is 6.10 Å². The molecule has 0 saturated heterocycles. The molecule has 0 amide bonds. The van der Waals surface area contributed by atoms with Gasteiger partial charge in [0, 0.05) is 12.8 Å². The molecule has 0 heterocycles. The molecule has 0 fully saturated rings. The van der Waals surface area contributed by atoms with Crippen molar-refractivity contribution >= 4 is 19.8 Å². The van der Waals surface area contributed by atoms with E-state index in [0.717, 1.165) is 89.9 Å². The molecule has 0 aromatic carbocycles. The predicted molar refractivity (Wildman–Crippen MR) is 332 cm³/mol. The van der Waals surface area contributed by atoms with Crippen molar-refractivity contribution in [1.29, 1.82) is 0 Å². The van der Waals surface area contributed by atoms with Crippen LogP contribution in [-0.2, 0) is 32.7 Å². The van der Waals surface area contributed by atoms with E-state index < -0.39 is 32.5 Å². The minimum absolute atomic E-state index is 0.0356. The molecule has 78 heavy (non-hydrogen) atoms. The smallest absolute Gasteiger partial charge is 0.306 e. The third-order valence-corrected chi connectivity index (χ3v) is 14.6. The number of unbranched alkanes of at least 4 members (excludes halogenated alkanes) is 28. The van der Waals surface area contributed by atoms with Crippen molar-refractivity contribution in [3.63, 3.8) is 0 Å². The Labute approximate surface area is 481 Å². The lowest BCUT2D eigenvalue weighted by atomic mass is 10.0. The molecular weight excluding hydrogens is 990 g/mol. The average Bonchev–Trinajstić information content (AvgIpc) is 3.41. The third-order valence-electron chi connectivity index (χ3n) is 13.6. The molecule has 10 heteroatoms. The summed E-state index contributed by atoms with van der Waals surface area (Å²) in [6.45, 7) is 4.10. The SMILES string of the molecule is CC/C=C\C/C=C\C/C=C\C/C=C\C/C=C\CCCCCCCCCCCCCCCCCCCCCC(=O)OC(COC(=O)CCCCCCCC/C=C\C/C=C\C/C=C\CCCCC)COP(=O)([O-])OCC[N+](C)(C)C. The summed E-state index contributed by atoms with van der Waals surface area (Å²) in [6.07, 6.45) is 80.4. The summed E-state index contributed by atoms with van der Waals surface area (Å²) in [4.78, 5) is 37.9. The molecule has 450 valence electrons. The quantitative estimate of drug-likeness (QED) is 0.0195. The van der Waals surface area contributed by atoms with Crippen LogP contribution < -0.4 is 4.89 Å². The highest BCUT2D eigenvalue weighted by Gasteiger charge is 2.22. The van der Waals surface area contributed by atoms with Gasteiger partial charge in [-0.05, 0) is 96.3 Å². The fourth-order valence-electron chi connectivity index (χ4n) is 8.69. The van der Waals surface area contributed by atoms with Gasteiger partial charge in [0.2, 0.25) is 0 Å². The maximum atomic E-state index is 12.8. The summed E-state index contributed by atoms with van der Waals surface area (Å²) >= 11 is 0. The second kappa shape index (κ2) is 58.6. The minimum Gasteiger partial charge on any atom is -0.756 e. The van der Waals surface area contributed by atoms with Gasteiger partial charge in [0.05, 0.1) is 27.7 Å². The van der Waals surface area contributed by atoms with E-state index in [4.69, 9.17) is 18.5 Å². The summed E-state index contributed by atoms with van der Waals surface area (Å²) in [7, 11) is 1.16. The first-order valence-corrected chi connectivity index (χ1v) is 33.4. The van der Waals surface area contributed by atoms with Gasteiger partial charge in [-0.3, -0.25) is 14.2 Å². The number of nitrogens with zero attached hydrogens (tertiary/aromatic N) is 1. The number of hydrogen-bond donors (Lipinski definition) is 0. The Kier molecular flexibility index (Phi) is 56.3. The Morgan fingerprint density at radius 2 is 0.731 bits per heavy atom. The molecule has 0 N–H and O–H groups in total. The van der Waals surface area contributed by atoms with E-state index in [1.54, 1.807) is 0 Å². The number of hydrogen-bond acceptors (Lipinski definition) is 8. The van der Waals surface area contributed by atoms with Crippen molar-refractivity contribution in [2.45, 2.75) is 277 Å². The molecule has 0 aromatic heterocycles. The Bertz CT molecular complexity index is 1640. The summed E-state index contributed by atoms with van der Waals surface area (Å²) < 4.78 is 34.2. The van der Waals surface area contributed by atoms with Crippen LogP contribution in [0.2, 0.25) is 0 Å². The lowest BCUT2D eigenvalue weighted by Gasteiger charge is -2.28. The van der Waals surface area contributed by atoms with Crippen molar-refractivity contribution < 1.29 is 42.1 Å². The van der Waals surface area contributed by atoms with E-state index in [1.165, 1.54) is 141 Å². The average molecular weight is 1110 g/mol. The van der Waals surface area contributed by atoms with Gasteiger partial charge >= 0.3 is 11.9 Å². The van der Waals surface area contributed by atoms with Crippen LogP contribution in [0.15, 0.2) is 97.2 Å². The molecule has 0 saturated carbocycles. The Morgan fingerprint density at radius 3 is 1.09 bits per heavy atom. The van der Waals surface area contributed by atoms with Gasteiger partial charge in [-0.2, -0.15) is 0 Å². The monoisotopic (exact) mass is 1110 g/mol. The van der Waals surface area contributed by atoms with E-state index in [2.05, 4.69) is 111 Å². The van der Waals surface area contributed by atoms with Crippen molar-refractivity contribution in [2.75, 3.05) is 47.5 Å². The predicted octanol–water partition coefficient (Wildman–Crippen LogP) is 19.7. The molecule has 0 aromatic rings. The molecular formula is C68H120NO8P. The highest BCUT2D eigenvalue weighted by atomic mass is 31.2. The number of esters is 2. The maximum Gasteiger partial charge on any atom is 0.306 e. The number of phosphoric ester groups is 1. The topological polar surface area (TPSA) is 111 Å². The van der Waals surface area contributed by atoms with Crippen LogP contribution in [0.5, 0.6) is 0 Å². The summed E-state index contributed by atoms with van der Waals surface area (Å²) in [5.74, 6) is -0.843. The zero-order chi connectivity index (χ0) is 57.0. The molecule has 2 unspecified atom stereocenters. The lowest BCUT2D eigenvalue weighted by Crippen LogP contribution is -2.37. The Hall–Kier alpha value is -3.07. The standard InChI is InChI=1S/C68H120NO8P/c1-6-8-10-12-14-16-18-20-22-24-26-27-28-29-30-31-32-33-34-35-36-37-38-39-40-41-43-45-47-49-51-53-55-57-59-61-68(71)77-66(65-76-78(72,73)75-63-62-69(3,4)5)64-74-67(70)60-58-56-54-52-50-48-46-44-42-25-23-21-19-17-15-13-11-9-7-2/h8,10,14-17,20-23,26-27,29-30,42,44,66H,6-7,9,11-13,18-19,24-25,28,31-41,43,45-65H2,1-5H3/b10-8-,16-14-,17-15-,22-20-,23-21-,27-26-,30-29-,44-42-. The number of allylic oxidation sites excluding steroid dienone is 16. The lowest BCUT2D eigenvalue weighted by molar-refractivity contribution is -0.870. The van der Waals surface area contributed by atoms with Crippen LogP contribution >= 0.6 is 7.82 Å². The third kappa shape index (κ3) is 62.1. The van der Waals surface area contributed by atoms with Crippen LogP contribution in [0.3, 0.4) is 0 Å². The van der Waals surface area contributed by atoms with Crippen molar-refractivity contribution in [3.8, 4) is 0 Å². The largest absolute Gasteiger partial charge is 0.756 e. The zero-order valence-electron chi connectivity index (χ0n) is 51.1. The molecule has 0 aliphatic heterocycles. The second-order valence-corrected chi connectivity index (χ2v) is 23.8. The van der Waals surface area contributed by atoms with Crippen LogP contribution in [-0.4, -0.2) is 70.0 Å². The van der Waals surface area contributed by atoms with Crippen LogP contribution in [0, 0.1) is 0 Å². The second-order valence-electron chi connectivity index (χ2n) is 22.4. The molecule has 9 nitrogen and oxygen atoms in total. The first-order chi connectivity index (χ1) is 38.0. The van der Waals surface area contributed by atoms with E-state index in [-0.39, 0.29) is 26.1 Å². The Balaban J connectivity index is 4.05. The van der Waals surface area contributed by atoms with Gasteiger partial charge in [-0.25, -0.2) is 0 Å². The zero-order valence-corrected chi connectivity index (χ0v) is 52.0. The highest BCUT2D eigenvalue weighted by Crippen LogP contribution is 2.38. The number of carbonyl (C=O) groups is 2. The number of quaternary nitrogens is 1. The van der Waals surface area contributed by atoms with E-state index in [0.29, 0.717) is 23.9 Å². The van der Waals surface area contributed by atoms with E-state index in [9.17, 15) is 19.0 Å². The van der Waals surface area contributed by atoms with Crippen LogP contribution in [0.1, 0.15) is 271 Å². The number of likely N-dealkylation sites (N-methyl/N-ethyl adjacent to an activating group) is 1. The molecule has 0 spiro atoms. The molecule has 2 atom stereocenters. The first-order valence-electron chi connectivity index (χ1n) is 31.9. The highest BCUT2D eigenvalue weighted by molar-refractivity contribution is 7.45. The summed E-state index contributed by atoms with van der Waals surface area (Å²) in [6, 6.07) is 0.